The summed E-state index contributed by atoms with van der Waals surface area (Å²) < 4.78 is 18.2. The van der Waals surface area contributed by atoms with Gasteiger partial charge in [-0.1, -0.05) is 0 Å². The molecule has 0 atom stereocenters. The maximum Gasteiger partial charge on any atom is 0.304 e. The van der Waals surface area contributed by atoms with E-state index in [2.05, 4.69) is 5.32 Å². The first-order chi connectivity index (χ1) is 8.97. The van der Waals surface area contributed by atoms with Gasteiger partial charge in [0.2, 0.25) is 5.82 Å². The number of rotatable bonds is 3. The van der Waals surface area contributed by atoms with Gasteiger partial charge in [-0.3, -0.25) is 14.9 Å². The molecule has 1 aromatic heterocycles. The molecule has 1 N–H and O–H groups in total. The minimum Gasteiger partial charge on any atom is -0.440 e. The van der Waals surface area contributed by atoms with Crippen LogP contribution in [-0.2, 0) is 0 Å². The minimum absolute atomic E-state index is 0.0417. The van der Waals surface area contributed by atoms with E-state index < -0.39 is 22.3 Å². The van der Waals surface area contributed by atoms with Crippen LogP contribution in [0.1, 0.15) is 10.6 Å². The number of amides is 1. The van der Waals surface area contributed by atoms with E-state index in [-0.39, 0.29) is 16.7 Å². The quantitative estimate of drug-likeness (QED) is 0.692. The number of furan rings is 1. The second kappa shape index (κ2) is 5.07. The molecule has 0 aliphatic heterocycles. The molecule has 0 unspecified atom stereocenters. The number of nitrogens with one attached hydrogen (secondary N) is 1. The molecule has 0 aliphatic rings. The van der Waals surface area contributed by atoms with Crippen LogP contribution in [0.5, 0.6) is 0 Å². The molecule has 0 aliphatic carbocycles. The molecule has 2 aromatic rings. The zero-order chi connectivity index (χ0) is 14.0. The van der Waals surface area contributed by atoms with E-state index in [1.54, 1.807) is 0 Å². The van der Waals surface area contributed by atoms with Gasteiger partial charge >= 0.3 is 5.69 Å². The Morgan fingerprint density at radius 1 is 1.37 bits per heavy atom. The van der Waals surface area contributed by atoms with Crippen molar-refractivity contribution >= 4 is 28.9 Å². The molecule has 19 heavy (non-hydrogen) atoms. The lowest BCUT2D eigenvalue weighted by Gasteiger charge is -2.03. The first-order valence-corrected chi connectivity index (χ1v) is 5.36. The third kappa shape index (κ3) is 2.89. The van der Waals surface area contributed by atoms with Crippen molar-refractivity contribution in [2.45, 2.75) is 0 Å². The highest BCUT2D eigenvalue weighted by Crippen LogP contribution is 2.21. The Labute approximate surface area is 110 Å². The van der Waals surface area contributed by atoms with Gasteiger partial charge in [-0.25, -0.2) is 0 Å². The zero-order valence-electron chi connectivity index (χ0n) is 9.22. The first-order valence-electron chi connectivity index (χ1n) is 4.98. The molecule has 98 valence electrons. The lowest BCUT2D eigenvalue weighted by atomic mass is 10.2. The normalized spacial score (nSPS) is 10.2. The molecule has 0 spiro atoms. The fourth-order valence-electron chi connectivity index (χ4n) is 1.36. The lowest BCUT2D eigenvalue weighted by Crippen LogP contribution is -2.11. The molecular weight excluding hydrogens is 279 g/mol. The third-order valence-electron chi connectivity index (χ3n) is 2.20. The predicted octanol–water partition coefficient (Wildman–Crippen LogP) is 3.23. The van der Waals surface area contributed by atoms with Gasteiger partial charge in [0, 0.05) is 17.8 Å². The number of hydrogen-bond donors (Lipinski definition) is 1. The summed E-state index contributed by atoms with van der Waals surface area (Å²) in [4.78, 5) is 21.2. The maximum atomic E-state index is 13.3. The van der Waals surface area contributed by atoms with E-state index in [4.69, 9.17) is 16.0 Å². The van der Waals surface area contributed by atoms with Crippen LogP contribution in [0, 0.1) is 15.9 Å². The first kappa shape index (κ1) is 13.0. The van der Waals surface area contributed by atoms with Crippen LogP contribution in [0.4, 0.5) is 15.8 Å². The number of carbonyl (C=O) groups is 1. The average molecular weight is 285 g/mol. The Morgan fingerprint density at radius 3 is 2.63 bits per heavy atom. The second-order valence-electron chi connectivity index (χ2n) is 3.48. The van der Waals surface area contributed by atoms with Gasteiger partial charge in [-0.15, -0.1) is 0 Å². The van der Waals surface area contributed by atoms with E-state index in [0.29, 0.717) is 0 Å². The summed E-state index contributed by atoms with van der Waals surface area (Å²) >= 11 is 5.51. The molecule has 6 nitrogen and oxygen atoms in total. The summed E-state index contributed by atoms with van der Waals surface area (Å²) in [5.41, 5.74) is -0.598. The van der Waals surface area contributed by atoms with Crippen molar-refractivity contribution in [3.63, 3.8) is 0 Å². The number of nitro benzene ring substituents is 1. The Bertz CT molecular complexity index is 656. The van der Waals surface area contributed by atoms with Crippen LogP contribution in [0.2, 0.25) is 5.22 Å². The number of hydrogen-bond acceptors (Lipinski definition) is 4. The smallest absolute Gasteiger partial charge is 0.304 e. The van der Waals surface area contributed by atoms with Crippen molar-refractivity contribution in [3.8, 4) is 0 Å². The molecule has 2 rings (SSSR count). The largest absolute Gasteiger partial charge is 0.440 e. The van der Waals surface area contributed by atoms with Gasteiger partial charge in [0.25, 0.3) is 5.91 Å². The minimum atomic E-state index is -1.04. The number of carbonyl (C=O) groups excluding carboxylic acids is 1. The van der Waals surface area contributed by atoms with Crippen LogP contribution in [0.3, 0.4) is 0 Å². The van der Waals surface area contributed by atoms with Crippen molar-refractivity contribution in [1.82, 2.24) is 0 Å². The molecular formula is C11H6ClFN2O4. The SMILES string of the molecule is O=C(Nc1ccc([N+](=O)[O-])c(F)c1)c1ccc(Cl)o1. The summed E-state index contributed by atoms with van der Waals surface area (Å²) in [6, 6.07) is 5.75. The molecule has 1 amide bonds. The fourth-order valence-corrected chi connectivity index (χ4v) is 1.51. The Kier molecular flexibility index (Phi) is 3.48. The van der Waals surface area contributed by atoms with Gasteiger partial charge in [0.05, 0.1) is 4.92 Å². The highest BCUT2D eigenvalue weighted by Gasteiger charge is 2.16. The lowest BCUT2D eigenvalue weighted by molar-refractivity contribution is -0.387. The molecule has 0 fully saturated rings. The van der Waals surface area contributed by atoms with E-state index in [1.807, 2.05) is 0 Å². The van der Waals surface area contributed by atoms with Crippen molar-refractivity contribution < 1.29 is 18.5 Å². The van der Waals surface area contributed by atoms with Crippen LogP contribution in [0.25, 0.3) is 0 Å². The number of halogens is 2. The molecule has 0 bridgehead atoms. The molecule has 8 heteroatoms. The summed E-state index contributed by atoms with van der Waals surface area (Å²) in [5.74, 6) is -1.73. The Morgan fingerprint density at radius 2 is 2.11 bits per heavy atom. The highest BCUT2D eigenvalue weighted by atomic mass is 35.5. The number of nitrogens with zero attached hydrogens (tertiary/aromatic N) is 1. The van der Waals surface area contributed by atoms with E-state index in [0.717, 1.165) is 12.1 Å². The maximum absolute atomic E-state index is 13.3. The second-order valence-corrected chi connectivity index (χ2v) is 3.85. The van der Waals surface area contributed by atoms with Crippen LogP contribution >= 0.6 is 11.6 Å². The number of benzene rings is 1. The number of nitro groups is 1. The monoisotopic (exact) mass is 284 g/mol. The molecule has 1 heterocycles. The Balaban J connectivity index is 2.18. The van der Waals surface area contributed by atoms with Gasteiger partial charge in [-0.2, -0.15) is 4.39 Å². The number of anilines is 1. The van der Waals surface area contributed by atoms with Gasteiger partial charge in [-0.05, 0) is 29.8 Å². The average Bonchev–Trinajstić information content (AvgIpc) is 2.75. The highest BCUT2D eigenvalue weighted by molar-refractivity contribution is 6.29. The predicted molar refractivity (Wildman–Crippen MR) is 64.7 cm³/mol. The van der Waals surface area contributed by atoms with E-state index in [1.165, 1.54) is 18.2 Å². The van der Waals surface area contributed by atoms with Crippen molar-refractivity contribution in [1.29, 1.82) is 0 Å². The zero-order valence-corrected chi connectivity index (χ0v) is 9.98. The van der Waals surface area contributed by atoms with Gasteiger partial charge < -0.3 is 9.73 Å². The summed E-state index contributed by atoms with van der Waals surface area (Å²) in [6.07, 6.45) is 0. The van der Waals surface area contributed by atoms with Crippen molar-refractivity contribution in [2.24, 2.45) is 0 Å². The van der Waals surface area contributed by atoms with E-state index in [9.17, 15) is 19.3 Å². The topological polar surface area (TPSA) is 85.4 Å². The van der Waals surface area contributed by atoms with Crippen LogP contribution < -0.4 is 5.32 Å². The molecule has 0 saturated carbocycles. The third-order valence-corrected chi connectivity index (χ3v) is 2.40. The Hall–Kier alpha value is -2.41. The van der Waals surface area contributed by atoms with Gasteiger partial charge in [0.1, 0.15) is 0 Å². The van der Waals surface area contributed by atoms with Crippen molar-refractivity contribution in [3.05, 3.63) is 57.2 Å². The summed E-state index contributed by atoms with van der Waals surface area (Å²) in [7, 11) is 0. The van der Waals surface area contributed by atoms with Crippen LogP contribution in [0.15, 0.2) is 34.7 Å². The standard InChI is InChI=1S/C11H6ClFN2O4/c12-10-4-3-9(19-10)11(16)14-6-1-2-8(15(17)18)7(13)5-6/h1-5H,(H,14,16). The van der Waals surface area contributed by atoms with Gasteiger partial charge in [0.15, 0.2) is 11.0 Å². The summed E-state index contributed by atoms with van der Waals surface area (Å²) in [5, 5.41) is 12.8. The molecule has 1 aromatic carbocycles. The van der Waals surface area contributed by atoms with E-state index >= 15 is 0 Å². The fraction of sp³-hybridized carbons (Fsp3) is 0. The molecule has 0 radical (unpaired) electrons. The summed E-state index contributed by atoms with van der Waals surface area (Å²) in [6.45, 7) is 0. The van der Waals surface area contributed by atoms with Crippen LogP contribution in [-0.4, -0.2) is 10.8 Å². The molecule has 0 saturated heterocycles. The van der Waals surface area contributed by atoms with Crippen molar-refractivity contribution in [2.75, 3.05) is 5.32 Å².